The molecule has 0 unspecified atom stereocenters. The van der Waals surface area contributed by atoms with E-state index in [1.54, 1.807) is 0 Å². The maximum absolute atomic E-state index is 8.31. The molecular formula is C11H22N2. The molecule has 0 spiro atoms. The normalized spacial score (nSPS) is 17.0. The predicted octanol–water partition coefficient (Wildman–Crippen LogP) is 2.85. The number of rotatable bonds is 3. The summed E-state index contributed by atoms with van der Waals surface area (Å²) >= 11 is 0. The lowest BCUT2D eigenvalue weighted by molar-refractivity contribution is 0.377. The molecule has 0 radical (unpaired) electrons. The Morgan fingerprint density at radius 1 is 1.23 bits per heavy atom. The van der Waals surface area contributed by atoms with Crippen molar-refractivity contribution in [1.82, 2.24) is 5.32 Å². The monoisotopic (exact) mass is 182 g/mol. The average Bonchev–Trinajstić information content (AvgIpc) is 2.23. The molecule has 2 heteroatoms. The predicted molar refractivity (Wildman–Crippen MR) is 56.5 cm³/mol. The second kappa shape index (κ2) is 9.54. The maximum atomic E-state index is 8.31. The zero-order valence-corrected chi connectivity index (χ0v) is 8.97. The highest BCUT2D eigenvalue weighted by Gasteiger charge is 2.11. The van der Waals surface area contributed by atoms with E-state index in [0.717, 1.165) is 6.54 Å². The number of nitriles is 1. The van der Waals surface area contributed by atoms with Crippen molar-refractivity contribution in [3.63, 3.8) is 0 Å². The molecule has 0 aliphatic heterocycles. The zero-order valence-electron chi connectivity index (χ0n) is 8.97. The summed E-state index contributed by atoms with van der Waals surface area (Å²) < 4.78 is 0. The van der Waals surface area contributed by atoms with Crippen molar-refractivity contribution in [3.05, 3.63) is 0 Å². The Morgan fingerprint density at radius 3 is 2.38 bits per heavy atom. The van der Waals surface area contributed by atoms with Gasteiger partial charge in [0.2, 0.25) is 0 Å². The molecule has 0 aromatic carbocycles. The Labute approximate surface area is 82.3 Å². The average molecular weight is 182 g/mol. The molecule has 76 valence electrons. The van der Waals surface area contributed by atoms with Gasteiger partial charge in [0.15, 0.2) is 0 Å². The Kier molecular flexibility index (Phi) is 9.13. The van der Waals surface area contributed by atoms with Gasteiger partial charge in [0, 0.05) is 19.0 Å². The molecule has 2 nitrogen and oxygen atoms in total. The van der Waals surface area contributed by atoms with Crippen LogP contribution in [-0.2, 0) is 0 Å². The van der Waals surface area contributed by atoms with Crippen molar-refractivity contribution < 1.29 is 0 Å². The summed E-state index contributed by atoms with van der Waals surface area (Å²) in [6.45, 7) is 4.88. The molecule has 1 saturated carbocycles. The van der Waals surface area contributed by atoms with Crippen LogP contribution in [0.25, 0.3) is 0 Å². The third kappa shape index (κ3) is 6.60. The summed E-state index contributed by atoms with van der Waals surface area (Å²) in [7, 11) is 0. The van der Waals surface area contributed by atoms with Crippen LogP contribution in [0.5, 0.6) is 0 Å². The van der Waals surface area contributed by atoms with Gasteiger partial charge in [-0.05, 0) is 12.8 Å². The summed E-state index contributed by atoms with van der Waals surface area (Å²) in [6, 6.07) is 2.85. The van der Waals surface area contributed by atoms with Crippen LogP contribution in [0.2, 0.25) is 0 Å². The van der Waals surface area contributed by atoms with Crippen LogP contribution < -0.4 is 5.32 Å². The van der Waals surface area contributed by atoms with Crippen molar-refractivity contribution >= 4 is 0 Å². The third-order valence-electron chi connectivity index (χ3n) is 2.27. The first-order valence-electron chi connectivity index (χ1n) is 5.54. The van der Waals surface area contributed by atoms with Crippen molar-refractivity contribution in [2.24, 2.45) is 0 Å². The molecule has 0 bridgehead atoms. The van der Waals surface area contributed by atoms with Crippen molar-refractivity contribution in [2.45, 2.75) is 58.4 Å². The van der Waals surface area contributed by atoms with E-state index < -0.39 is 0 Å². The number of nitrogens with zero attached hydrogens (tertiary/aromatic N) is 1. The van der Waals surface area contributed by atoms with Gasteiger partial charge in [0.25, 0.3) is 0 Å². The second-order valence-electron chi connectivity index (χ2n) is 3.20. The van der Waals surface area contributed by atoms with E-state index in [1.165, 1.54) is 32.1 Å². The van der Waals surface area contributed by atoms with Gasteiger partial charge in [-0.1, -0.05) is 33.1 Å². The molecule has 0 aromatic rings. The highest BCUT2D eigenvalue weighted by Crippen LogP contribution is 2.16. The van der Waals surface area contributed by atoms with E-state index in [0.29, 0.717) is 12.5 Å². The second-order valence-corrected chi connectivity index (χ2v) is 3.20. The first-order chi connectivity index (χ1) is 6.43. The largest absolute Gasteiger partial charge is 0.313 e. The van der Waals surface area contributed by atoms with Crippen molar-refractivity contribution in [2.75, 3.05) is 6.54 Å². The molecule has 1 N–H and O–H groups in total. The summed E-state index contributed by atoms with van der Waals surface area (Å²) in [6.07, 6.45) is 7.40. The summed E-state index contributed by atoms with van der Waals surface area (Å²) in [5.41, 5.74) is 0. The van der Waals surface area contributed by atoms with Gasteiger partial charge in [0.1, 0.15) is 0 Å². The molecule has 1 fully saturated rings. The summed E-state index contributed by atoms with van der Waals surface area (Å²) in [4.78, 5) is 0. The van der Waals surface area contributed by atoms with E-state index in [-0.39, 0.29) is 0 Å². The summed E-state index contributed by atoms with van der Waals surface area (Å²) in [5.74, 6) is 0. The molecule has 1 aliphatic carbocycles. The minimum absolute atomic E-state index is 0.649. The number of hydrogen-bond acceptors (Lipinski definition) is 2. The fourth-order valence-electron chi connectivity index (χ4n) is 1.64. The van der Waals surface area contributed by atoms with Gasteiger partial charge >= 0.3 is 0 Å². The Morgan fingerprint density at radius 2 is 1.85 bits per heavy atom. The van der Waals surface area contributed by atoms with Gasteiger partial charge in [0.05, 0.1) is 6.07 Å². The van der Waals surface area contributed by atoms with Crippen LogP contribution >= 0.6 is 0 Å². The Bertz CT molecular complexity index is 132. The minimum Gasteiger partial charge on any atom is -0.313 e. The Balaban J connectivity index is 0.000000671. The fraction of sp³-hybridized carbons (Fsp3) is 0.909. The van der Waals surface area contributed by atoms with Crippen LogP contribution in [0, 0.1) is 11.3 Å². The lowest BCUT2D eigenvalue weighted by Crippen LogP contribution is -2.31. The van der Waals surface area contributed by atoms with E-state index in [1.807, 2.05) is 13.8 Å². The molecule has 0 aromatic heterocycles. The van der Waals surface area contributed by atoms with Gasteiger partial charge < -0.3 is 5.32 Å². The number of nitrogens with one attached hydrogen (secondary N) is 1. The van der Waals surface area contributed by atoms with E-state index >= 15 is 0 Å². The standard InChI is InChI=1S/C9H16N2.C2H6/c10-7-4-8-11-9-5-2-1-3-6-9;1-2/h9,11H,1-6,8H2;1-2H3. The van der Waals surface area contributed by atoms with Crippen LogP contribution in [0.1, 0.15) is 52.4 Å². The van der Waals surface area contributed by atoms with Crippen molar-refractivity contribution in [1.29, 1.82) is 5.26 Å². The third-order valence-corrected chi connectivity index (χ3v) is 2.27. The molecule has 0 amide bonds. The van der Waals surface area contributed by atoms with E-state index in [4.69, 9.17) is 5.26 Å². The lowest BCUT2D eigenvalue weighted by atomic mass is 9.95. The molecule has 13 heavy (non-hydrogen) atoms. The van der Waals surface area contributed by atoms with Gasteiger partial charge in [-0.3, -0.25) is 0 Å². The van der Waals surface area contributed by atoms with Crippen LogP contribution in [0.15, 0.2) is 0 Å². The van der Waals surface area contributed by atoms with E-state index in [9.17, 15) is 0 Å². The number of hydrogen-bond donors (Lipinski definition) is 1. The quantitative estimate of drug-likeness (QED) is 0.681. The smallest absolute Gasteiger partial charge is 0.0635 e. The zero-order chi connectivity index (χ0) is 9.94. The van der Waals surface area contributed by atoms with Gasteiger partial charge in [-0.15, -0.1) is 0 Å². The minimum atomic E-state index is 0.649. The molecule has 1 rings (SSSR count). The lowest BCUT2D eigenvalue weighted by Gasteiger charge is -2.22. The van der Waals surface area contributed by atoms with Crippen LogP contribution in [-0.4, -0.2) is 12.6 Å². The Hall–Kier alpha value is -0.550. The topological polar surface area (TPSA) is 35.8 Å². The maximum Gasteiger partial charge on any atom is 0.0635 e. The first kappa shape index (κ1) is 12.4. The highest BCUT2D eigenvalue weighted by atomic mass is 14.9. The van der Waals surface area contributed by atoms with E-state index in [2.05, 4.69) is 11.4 Å². The van der Waals surface area contributed by atoms with Gasteiger partial charge in [-0.2, -0.15) is 5.26 Å². The summed E-state index contributed by atoms with van der Waals surface area (Å²) in [5, 5.41) is 11.7. The molecular weight excluding hydrogens is 160 g/mol. The van der Waals surface area contributed by atoms with Crippen molar-refractivity contribution in [3.8, 4) is 6.07 Å². The molecule has 0 atom stereocenters. The molecule has 0 saturated heterocycles. The first-order valence-corrected chi connectivity index (χ1v) is 5.54. The fourth-order valence-corrected chi connectivity index (χ4v) is 1.64. The highest BCUT2D eigenvalue weighted by molar-refractivity contribution is 4.75. The SMILES string of the molecule is CC.N#CCCNC1CCCCC1. The molecule has 0 heterocycles. The molecule has 1 aliphatic rings. The van der Waals surface area contributed by atoms with Crippen LogP contribution in [0.3, 0.4) is 0 Å². The van der Waals surface area contributed by atoms with Gasteiger partial charge in [-0.25, -0.2) is 0 Å². The van der Waals surface area contributed by atoms with Crippen LogP contribution in [0.4, 0.5) is 0 Å².